The number of para-hydroxylation sites is 1. The van der Waals surface area contributed by atoms with E-state index >= 15 is 0 Å². The third-order valence-electron chi connectivity index (χ3n) is 7.50. The molecule has 0 radical (unpaired) electrons. The number of nitrogens with one attached hydrogen (secondary N) is 1. The number of benzene rings is 1. The zero-order valence-corrected chi connectivity index (χ0v) is 24.7. The average molecular weight is 612 g/mol. The van der Waals surface area contributed by atoms with Crippen LogP contribution in [-0.2, 0) is 9.47 Å². The topological polar surface area (TPSA) is 132 Å². The van der Waals surface area contributed by atoms with Gasteiger partial charge in [0.25, 0.3) is 6.43 Å². The summed E-state index contributed by atoms with van der Waals surface area (Å²) in [6.45, 7) is 7.35. The van der Waals surface area contributed by atoms with Crippen LogP contribution in [0.25, 0.3) is 17.0 Å². The molecule has 0 spiro atoms. The first-order valence-corrected chi connectivity index (χ1v) is 14.5. The number of halogens is 2. The van der Waals surface area contributed by atoms with Gasteiger partial charge in [0, 0.05) is 46.3 Å². The molecule has 1 aromatic carbocycles. The standard InChI is InChI=1S/C28H35F2N11O3/c1-38(7-4-8-39-9-13-43-14-10-39)26-31-17-19(18-32-26)33-25-35-27(40-11-15-44-16-12-40)37-28(36-25)41-20-5-3-6-21(42-2)22(20)34-24(41)23(29)30/h3,5-6,17-18,23H,4,7-16H2,1-2H3,(H,33,35,36,37). The van der Waals surface area contributed by atoms with Gasteiger partial charge in [0.05, 0.1) is 57.1 Å². The lowest BCUT2D eigenvalue weighted by atomic mass is 10.3. The van der Waals surface area contributed by atoms with Crippen molar-refractivity contribution in [2.75, 3.05) is 95.0 Å². The molecule has 4 aromatic rings. The molecule has 6 rings (SSSR count). The number of aromatic nitrogens is 7. The second-order valence-corrected chi connectivity index (χ2v) is 10.4. The number of ether oxygens (including phenoxy) is 3. The average Bonchev–Trinajstić information content (AvgIpc) is 3.46. The van der Waals surface area contributed by atoms with E-state index in [1.807, 2.05) is 16.8 Å². The zero-order chi connectivity index (χ0) is 30.5. The molecule has 0 atom stereocenters. The van der Waals surface area contributed by atoms with Crippen LogP contribution in [0.5, 0.6) is 5.75 Å². The maximum absolute atomic E-state index is 14.3. The first-order valence-electron chi connectivity index (χ1n) is 14.5. The molecular formula is C28H35F2N11O3. The van der Waals surface area contributed by atoms with Crippen molar-refractivity contribution in [3.8, 4) is 11.7 Å². The van der Waals surface area contributed by atoms with Gasteiger partial charge in [0.1, 0.15) is 11.3 Å². The van der Waals surface area contributed by atoms with Crippen LogP contribution in [0.3, 0.4) is 0 Å². The Morgan fingerprint density at radius 1 is 0.955 bits per heavy atom. The van der Waals surface area contributed by atoms with Gasteiger partial charge < -0.3 is 29.3 Å². The number of nitrogens with zero attached hydrogens (tertiary/aromatic N) is 10. The zero-order valence-electron chi connectivity index (χ0n) is 24.7. The van der Waals surface area contributed by atoms with Crippen molar-refractivity contribution >= 4 is 34.6 Å². The van der Waals surface area contributed by atoms with Crippen LogP contribution in [-0.4, -0.2) is 119 Å². The molecule has 16 heteroatoms. The number of morpholine rings is 2. The maximum Gasteiger partial charge on any atom is 0.296 e. The third-order valence-corrected chi connectivity index (χ3v) is 7.50. The van der Waals surface area contributed by atoms with Gasteiger partial charge in [-0.1, -0.05) is 6.07 Å². The fourth-order valence-corrected chi connectivity index (χ4v) is 5.20. The highest BCUT2D eigenvalue weighted by Crippen LogP contribution is 2.32. The van der Waals surface area contributed by atoms with E-state index in [-0.39, 0.29) is 17.4 Å². The summed E-state index contributed by atoms with van der Waals surface area (Å²) < 4.78 is 46.1. The van der Waals surface area contributed by atoms with Gasteiger partial charge in [-0.05, 0) is 18.6 Å². The second-order valence-electron chi connectivity index (χ2n) is 10.4. The van der Waals surface area contributed by atoms with Crippen LogP contribution in [0.4, 0.5) is 32.3 Å². The lowest BCUT2D eigenvalue weighted by Crippen LogP contribution is -2.38. The lowest BCUT2D eigenvalue weighted by molar-refractivity contribution is 0.0377. The molecule has 2 aliphatic rings. The van der Waals surface area contributed by atoms with Gasteiger partial charge in [-0.25, -0.2) is 23.7 Å². The number of imidazole rings is 1. The van der Waals surface area contributed by atoms with E-state index in [4.69, 9.17) is 14.2 Å². The Kier molecular flexibility index (Phi) is 9.18. The fraction of sp³-hybridized carbons (Fsp3) is 0.500. The van der Waals surface area contributed by atoms with E-state index in [1.54, 1.807) is 30.6 Å². The lowest BCUT2D eigenvalue weighted by Gasteiger charge is -2.27. The SMILES string of the molecule is COc1cccc2c1nc(C(F)F)n2-c1nc(Nc2cnc(N(C)CCCN3CCOCC3)nc2)nc(N2CCOCC2)n1. The van der Waals surface area contributed by atoms with E-state index in [9.17, 15) is 8.78 Å². The number of alkyl halides is 2. The van der Waals surface area contributed by atoms with Crippen molar-refractivity contribution in [2.24, 2.45) is 0 Å². The largest absolute Gasteiger partial charge is 0.494 e. The molecule has 44 heavy (non-hydrogen) atoms. The van der Waals surface area contributed by atoms with Crippen molar-refractivity contribution in [2.45, 2.75) is 12.8 Å². The van der Waals surface area contributed by atoms with Crippen LogP contribution in [0.2, 0.25) is 0 Å². The van der Waals surface area contributed by atoms with E-state index in [0.717, 1.165) is 45.8 Å². The summed E-state index contributed by atoms with van der Waals surface area (Å²) in [5.41, 5.74) is 1.20. The second kappa shape index (κ2) is 13.6. The molecule has 3 aromatic heterocycles. The predicted molar refractivity (Wildman–Crippen MR) is 159 cm³/mol. The van der Waals surface area contributed by atoms with Gasteiger partial charge in [0.15, 0.2) is 5.82 Å². The van der Waals surface area contributed by atoms with Crippen LogP contribution in [0.15, 0.2) is 30.6 Å². The Balaban J connectivity index is 1.26. The molecule has 2 fully saturated rings. The quantitative estimate of drug-likeness (QED) is 0.267. The van der Waals surface area contributed by atoms with E-state index in [0.29, 0.717) is 55.2 Å². The van der Waals surface area contributed by atoms with Crippen molar-refractivity contribution in [1.29, 1.82) is 0 Å². The smallest absolute Gasteiger partial charge is 0.296 e. The Morgan fingerprint density at radius 3 is 2.36 bits per heavy atom. The molecule has 234 valence electrons. The molecule has 0 amide bonds. The van der Waals surface area contributed by atoms with E-state index < -0.39 is 12.2 Å². The highest BCUT2D eigenvalue weighted by Gasteiger charge is 2.26. The number of anilines is 4. The first-order chi connectivity index (χ1) is 21.5. The summed E-state index contributed by atoms with van der Waals surface area (Å²) in [5.74, 6) is 0.919. The van der Waals surface area contributed by atoms with Crippen LogP contribution in [0, 0.1) is 0 Å². The third kappa shape index (κ3) is 6.61. The summed E-state index contributed by atoms with van der Waals surface area (Å²) in [4.78, 5) is 33.3. The minimum Gasteiger partial charge on any atom is -0.494 e. The van der Waals surface area contributed by atoms with Crippen LogP contribution < -0.4 is 19.9 Å². The minimum absolute atomic E-state index is 0.00687. The molecule has 14 nitrogen and oxygen atoms in total. The monoisotopic (exact) mass is 611 g/mol. The molecule has 0 bridgehead atoms. The molecule has 2 aliphatic heterocycles. The number of hydrogen-bond acceptors (Lipinski definition) is 13. The summed E-state index contributed by atoms with van der Waals surface area (Å²) >= 11 is 0. The van der Waals surface area contributed by atoms with Gasteiger partial charge in [-0.3, -0.25) is 9.47 Å². The molecular weight excluding hydrogens is 576 g/mol. The number of rotatable bonds is 11. The summed E-state index contributed by atoms with van der Waals surface area (Å²) in [6.07, 6.45) is 1.37. The van der Waals surface area contributed by atoms with Crippen molar-refractivity contribution < 1.29 is 23.0 Å². The summed E-state index contributed by atoms with van der Waals surface area (Å²) in [7, 11) is 3.42. The fourth-order valence-electron chi connectivity index (χ4n) is 5.20. The Bertz CT molecular complexity index is 1540. The van der Waals surface area contributed by atoms with E-state index in [2.05, 4.69) is 40.1 Å². The highest BCUT2D eigenvalue weighted by molar-refractivity contribution is 5.84. The Labute approximate surface area is 253 Å². The van der Waals surface area contributed by atoms with Crippen LogP contribution >= 0.6 is 0 Å². The van der Waals surface area contributed by atoms with Crippen molar-refractivity contribution in [3.63, 3.8) is 0 Å². The number of fused-ring (bicyclic) bond motifs is 1. The highest BCUT2D eigenvalue weighted by atomic mass is 19.3. The molecule has 5 heterocycles. The van der Waals surface area contributed by atoms with Gasteiger partial charge >= 0.3 is 0 Å². The van der Waals surface area contributed by atoms with Gasteiger partial charge in [0.2, 0.25) is 23.8 Å². The van der Waals surface area contributed by atoms with Crippen molar-refractivity contribution in [1.82, 2.24) is 39.4 Å². The normalized spacial score (nSPS) is 16.1. The first kappa shape index (κ1) is 29.8. The van der Waals surface area contributed by atoms with Crippen LogP contribution in [0.1, 0.15) is 18.7 Å². The minimum atomic E-state index is -2.89. The molecule has 0 unspecified atom stereocenters. The Hall–Kier alpha value is -4.28. The van der Waals surface area contributed by atoms with Gasteiger partial charge in [-0.2, -0.15) is 15.0 Å². The molecule has 2 saturated heterocycles. The predicted octanol–water partition coefficient (Wildman–Crippen LogP) is 2.69. The molecule has 0 aliphatic carbocycles. The van der Waals surface area contributed by atoms with E-state index in [1.165, 1.54) is 11.7 Å². The molecule has 0 saturated carbocycles. The maximum atomic E-state index is 14.3. The number of hydrogen-bond donors (Lipinski definition) is 1. The van der Waals surface area contributed by atoms with Crippen molar-refractivity contribution in [3.05, 3.63) is 36.4 Å². The van der Waals surface area contributed by atoms with Gasteiger partial charge in [-0.15, -0.1) is 0 Å². The summed E-state index contributed by atoms with van der Waals surface area (Å²) in [6, 6.07) is 5.04. The summed E-state index contributed by atoms with van der Waals surface area (Å²) in [5, 5.41) is 3.13. The Morgan fingerprint density at radius 2 is 1.66 bits per heavy atom. The number of methoxy groups -OCH3 is 1. The molecule has 1 N–H and O–H groups in total.